The molecule has 1 rings (SSSR count). The molecule has 0 bridgehead atoms. The SMILES string of the molecule is CNC(CO)COc1ccc(F)cc1Cl. The monoisotopic (exact) mass is 233 g/mol. The standard InChI is InChI=1S/C10H13ClFNO2/c1-13-8(5-14)6-15-10-3-2-7(12)4-9(10)11/h2-4,8,13-14H,5-6H2,1H3. The molecule has 0 aliphatic rings. The fourth-order valence-corrected chi connectivity index (χ4v) is 1.23. The van der Waals surface area contributed by atoms with Gasteiger partial charge in [-0.15, -0.1) is 0 Å². The van der Waals surface area contributed by atoms with Crippen LogP contribution in [0, 0.1) is 5.82 Å². The number of nitrogens with one attached hydrogen (secondary N) is 1. The fourth-order valence-electron chi connectivity index (χ4n) is 1.01. The van der Waals surface area contributed by atoms with E-state index < -0.39 is 5.82 Å². The number of benzene rings is 1. The summed E-state index contributed by atoms with van der Waals surface area (Å²) in [7, 11) is 1.72. The van der Waals surface area contributed by atoms with Crippen molar-refractivity contribution in [2.45, 2.75) is 6.04 Å². The Kier molecular flexibility index (Phi) is 4.81. The first-order valence-corrected chi connectivity index (χ1v) is 4.91. The van der Waals surface area contributed by atoms with Crippen molar-refractivity contribution in [3.63, 3.8) is 0 Å². The van der Waals surface area contributed by atoms with Gasteiger partial charge in [0.05, 0.1) is 17.7 Å². The molecule has 0 saturated heterocycles. The third-order valence-corrected chi connectivity index (χ3v) is 2.26. The molecule has 15 heavy (non-hydrogen) atoms. The van der Waals surface area contributed by atoms with Crippen LogP contribution in [0.2, 0.25) is 5.02 Å². The number of aliphatic hydroxyl groups is 1. The Balaban J connectivity index is 2.57. The van der Waals surface area contributed by atoms with E-state index in [9.17, 15) is 4.39 Å². The summed E-state index contributed by atoms with van der Waals surface area (Å²) in [6.45, 7) is 0.244. The number of rotatable bonds is 5. The molecule has 0 aliphatic heterocycles. The molecule has 1 unspecified atom stereocenters. The summed E-state index contributed by atoms with van der Waals surface area (Å²) < 4.78 is 18.0. The van der Waals surface area contributed by atoms with Crippen LogP contribution >= 0.6 is 11.6 Å². The highest BCUT2D eigenvalue weighted by atomic mass is 35.5. The number of ether oxygens (including phenoxy) is 1. The van der Waals surface area contributed by atoms with Gasteiger partial charge in [-0.1, -0.05) is 11.6 Å². The summed E-state index contributed by atoms with van der Waals surface area (Å²) in [4.78, 5) is 0. The van der Waals surface area contributed by atoms with Crippen LogP contribution < -0.4 is 10.1 Å². The molecule has 0 fully saturated rings. The minimum atomic E-state index is -0.403. The van der Waals surface area contributed by atoms with Gasteiger partial charge in [0.25, 0.3) is 0 Å². The van der Waals surface area contributed by atoms with Crippen molar-refractivity contribution in [3.8, 4) is 5.75 Å². The van der Waals surface area contributed by atoms with E-state index in [0.29, 0.717) is 5.75 Å². The average Bonchev–Trinajstić information content (AvgIpc) is 2.22. The van der Waals surface area contributed by atoms with E-state index in [2.05, 4.69) is 5.32 Å². The lowest BCUT2D eigenvalue weighted by molar-refractivity contribution is 0.189. The second kappa shape index (κ2) is 5.90. The molecule has 0 aliphatic carbocycles. The lowest BCUT2D eigenvalue weighted by Gasteiger charge is -2.14. The van der Waals surface area contributed by atoms with E-state index in [4.69, 9.17) is 21.4 Å². The van der Waals surface area contributed by atoms with Gasteiger partial charge in [0.1, 0.15) is 18.2 Å². The smallest absolute Gasteiger partial charge is 0.138 e. The van der Waals surface area contributed by atoms with Crippen LogP contribution in [0.1, 0.15) is 0 Å². The normalized spacial score (nSPS) is 12.5. The van der Waals surface area contributed by atoms with E-state index in [1.165, 1.54) is 18.2 Å². The molecule has 1 atom stereocenters. The van der Waals surface area contributed by atoms with E-state index >= 15 is 0 Å². The molecule has 0 amide bonds. The number of halogens is 2. The molecular weight excluding hydrogens is 221 g/mol. The Bertz CT molecular complexity index is 318. The van der Waals surface area contributed by atoms with E-state index in [1.807, 2.05) is 0 Å². The number of hydrogen-bond donors (Lipinski definition) is 2. The molecule has 0 radical (unpaired) electrons. The minimum absolute atomic E-state index is 0.0324. The highest BCUT2D eigenvalue weighted by molar-refractivity contribution is 6.32. The van der Waals surface area contributed by atoms with Gasteiger partial charge in [-0.2, -0.15) is 0 Å². The first kappa shape index (κ1) is 12.2. The quantitative estimate of drug-likeness (QED) is 0.809. The van der Waals surface area contributed by atoms with Gasteiger partial charge >= 0.3 is 0 Å². The maximum absolute atomic E-state index is 12.7. The van der Waals surface area contributed by atoms with Crippen LogP contribution in [-0.2, 0) is 0 Å². The number of likely N-dealkylation sites (N-methyl/N-ethyl adjacent to an activating group) is 1. The molecule has 1 aromatic carbocycles. The van der Waals surface area contributed by atoms with Gasteiger partial charge in [0, 0.05) is 0 Å². The zero-order valence-electron chi connectivity index (χ0n) is 8.34. The average molecular weight is 234 g/mol. The van der Waals surface area contributed by atoms with Gasteiger partial charge in [0.15, 0.2) is 0 Å². The van der Waals surface area contributed by atoms with Gasteiger partial charge in [-0.05, 0) is 25.2 Å². The highest BCUT2D eigenvalue weighted by Crippen LogP contribution is 2.24. The van der Waals surface area contributed by atoms with Crippen LogP contribution in [0.25, 0.3) is 0 Å². The van der Waals surface area contributed by atoms with Crippen LogP contribution in [-0.4, -0.2) is 31.4 Å². The zero-order valence-corrected chi connectivity index (χ0v) is 9.09. The summed E-state index contributed by atoms with van der Waals surface area (Å²) in [6.07, 6.45) is 0. The van der Waals surface area contributed by atoms with Crippen molar-refractivity contribution < 1.29 is 14.2 Å². The van der Waals surface area contributed by atoms with Gasteiger partial charge in [-0.3, -0.25) is 0 Å². The second-order valence-corrected chi connectivity index (χ2v) is 3.46. The molecule has 0 saturated carbocycles. The predicted octanol–water partition coefficient (Wildman–Crippen LogP) is 1.44. The summed E-state index contributed by atoms with van der Waals surface area (Å²) in [5.41, 5.74) is 0. The third-order valence-electron chi connectivity index (χ3n) is 1.96. The molecule has 84 valence electrons. The van der Waals surface area contributed by atoms with E-state index in [0.717, 1.165) is 0 Å². The molecular formula is C10H13ClFNO2. The number of aliphatic hydroxyl groups excluding tert-OH is 1. The molecule has 0 spiro atoms. The fraction of sp³-hybridized carbons (Fsp3) is 0.400. The summed E-state index contributed by atoms with van der Waals surface area (Å²) in [6, 6.07) is 3.76. The lowest BCUT2D eigenvalue weighted by atomic mass is 10.3. The first-order chi connectivity index (χ1) is 7.17. The predicted molar refractivity (Wildman–Crippen MR) is 56.8 cm³/mol. The van der Waals surface area contributed by atoms with Crippen molar-refractivity contribution in [1.29, 1.82) is 0 Å². The topological polar surface area (TPSA) is 41.5 Å². The molecule has 0 aromatic heterocycles. The van der Waals surface area contributed by atoms with Crippen LogP contribution in [0.5, 0.6) is 5.75 Å². The summed E-state index contributed by atoms with van der Waals surface area (Å²) >= 11 is 5.75. The second-order valence-electron chi connectivity index (χ2n) is 3.05. The number of hydrogen-bond acceptors (Lipinski definition) is 3. The van der Waals surface area contributed by atoms with Crippen molar-refractivity contribution in [2.24, 2.45) is 0 Å². The van der Waals surface area contributed by atoms with Crippen LogP contribution in [0.4, 0.5) is 4.39 Å². The van der Waals surface area contributed by atoms with Gasteiger partial charge in [-0.25, -0.2) is 4.39 Å². The third kappa shape index (κ3) is 3.66. The minimum Gasteiger partial charge on any atom is -0.490 e. The van der Waals surface area contributed by atoms with Gasteiger partial charge in [0.2, 0.25) is 0 Å². The van der Waals surface area contributed by atoms with Crippen molar-refractivity contribution >= 4 is 11.6 Å². The molecule has 3 nitrogen and oxygen atoms in total. The Labute approximate surface area is 92.8 Å². The Morgan fingerprint density at radius 2 is 2.33 bits per heavy atom. The van der Waals surface area contributed by atoms with Crippen LogP contribution in [0.3, 0.4) is 0 Å². The largest absolute Gasteiger partial charge is 0.490 e. The summed E-state index contributed by atoms with van der Waals surface area (Å²) in [5, 5.41) is 12.0. The van der Waals surface area contributed by atoms with Crippen LogP contribution in [0.15, 0.2) is 18.2 Å². The molecule has 0 heterocycles. The Morgan fingerprint density at radius 1 is 1.60 bits per heavy atom. The van der Waals surface area contributed by atoms with Gasteiger partial charge < -0.3 is 15.2 Å². The molecule has 2 N–H and O–H groups in total. The maximum atomic E-state index is 12.7. The Hall–Kier alpha value is -0.840. The van der Waals surface area contributed by atoms with E-state index in [-0.39, 0.29) is 24.3 Å². The maximum Gasteiger partial charge on any atom is 0.138 e. The molecule has 1 aromatic rings. The van der Waals surface area contributed by atoms with Crippen molar-refractivity contribution in [3.05, 3.63) is 29.0 Å². The summed E-state index contributed by atoms with van der Waals surface area (Å²) in [5.74, 6) is 0.00596. The van der Waals surface area contributed by atoms with Crippen molar-refractivity contribution in [2.75, 3.05) is 20.3 Å². The first-order valence-electron chi connectivity index (χ1n) is 4.53. The highest BCUT2D eigenvalue weighted by Gasteiger charge is 2.07. The zero-order chi connectivity index (χ0) is 11.3. The lowest BCUT2D eigenvalue weighted by Crippen LogP contribution is -2.35. The molecule has 5 heteroatoms. The van der Waals surface area contributed by atoms with E-state index in [1.54, 1.807) is 7.05 Å². The Morgan fingerprint density at radius 3 is 2.87 bits per heavy atom. The van der Waals surface area contributed by atoms with Crippen molar-refractivity contribution in [1.82, 2.24) is 5.32 Å².